The van der Waals surface area contributed by atoms with Gasteiger partial charge >= 0.3 is 0 Å². The molecule has 0 spiro atoms. The fraction of sp³-hybridized carbons (Fsp3) is 0.346. The lowest BCUT2D eigenvalue weighted by molar-refractivity contribution is 0.201. The molecule has 174 valence electrons. The molecule has 3 rings (SSSR count). The maximum atomic E-state index is 13.2. The van der Waals surface area contributed by atoms with Crippen LogP contribution in [0.25, 0.3) is 10.9 Å². The Morgan fingerprint density at radius 2 is 2.03 bits per heavy atom. The first-order valence-electron chi connectivity index (χ1n) is 11.2. The van der Waals surface area contributed by atoms with Crippen LogP contribution in [0.4, 0.5) is 0 Å². The van der Waals surface area contributed by atoms with E-state index in [9.17, 15) is 4.79 Å². The molecule has 6 nitrogen and oxygen atoms in total. The molecule has 0 amide bonds. The largest absolute Gasteiger partial charge is 0.490 e. The summed E-state index contributed by atoms with van der Waals surface area (Å²) in [6, 6.07) is 9.36. The molecule has 0 bridgehead atoms. The van der Waals surface area contributed by atoms with Crippen molar-refractivity contribution in [2.24, 2.45) is 5.10 Å². The highest BCUT2D eigenvalue weighted by Gasteiger charge is 2.16. The third kappa shape index (κ3) is 5.71. The molecule has 0 aliphatic carbocycles. The summed E-state index contributed by atoms with van der Waals surface area (Å²) < 4.78 is 14.3. The van der Waals surface area contributed by atoms with Gasteiger partial charge in [-0.25, -0.2) is 4.98 Å². The summed E-state index contributed by atoms with van der Waals surface area (Å²) in [4.78, 5) is 17.8. The molecule has 1 heterocycles. The number of ether oxygens (including phenoxy) is 2. The molecule has 0 unspecified atom stereocenters. The van der Waals surface area contributed by atoms with Crippen LogP contribution < -0.4 is 15.0 Å². The smallest absolute Gasteiger partial charge is 0.282 e. The maximum Gasteiger partial charge on any atom is 0.282 e. The Labute approximate surface area is 203 Å². The average Bonchev–Trinajstić information content (AvgIpc) is 2.80. The minimum atomic E-state index is -0.206. The lowest BCUT2D eigenvalue weighted by Gasteiger charge is -2.20. The molecule has 0 fully saturated rings. The topological polar surface area (TPSA) is 65.7 Å². The second-order valence-electron chi connectivity index (χ2n) is 7.67. The van der Waals surface area contributed by atoms with Crippen molar-refractivity contribution in [3.8, 4) is 11.5 Å². The van der Waals surface area contributed by atoms with Crippen molar-refractivity contribution < 1.29 is 9.47 Å². The van der Waals surface area contributed by atoms with Crippen LogP contribution in [-0.4, -0.2) is 28.6 Å². The van der Waals surface area contributed by atoms with E-state index >= 15 is 0 Å². The van der Waals surface area contributed by atoms with Gasteiger partial charge in [-0.1, -0.05) is 35.9 Å². The van der Waals surface area contributed by atoms with Gasteiger partial charge in [0.15, 0.2) is 11.5 Å². The van der Waals surface area contributed by atoms with E-state index in [1.54, 1.807) is 12.3 Å². The van der Waals surface area contributed by atoms with Crippen LogP contribution in [0.3, 0.4) is 0 Å². The summed E-state index contributed by atoms with van der Waals surface area (Å²) in [6.45, 7) is 12.4. The number of rotatable bonds is 10. The monoisotopic (exact) mass is 511 g/mol. The molecule has 7 heteroatoms. The molecule has 0 saturated heterocycles. The van der Waals surface area contributed by atoms with Gasteiger partial charge in [0.25, 0.3) is 5.56 Å². The third-order valence-electron chi connectivity index (χ3n) is 5.23. The van der Waals surface area contributed by atoms with E-state index in [-0.39, 0.29) is 11.7 Å². The summed E-state index contributed by atoms with van der Waals surface area (Å²) in [5.41, 5.74) is 2.21. The molecule has 0 aliphatic heterocycles. The predicted molar refractivity (Wildman–Crippen MR) is 138 cm³/mol. The quantitative estimate of drug-likeness (QED) is 0.250. The van der Waals surface area contributed by atoms with Gasteiger partial charge < -0.3 is 9.47 Å². The highest BCUT2D eigenvalue weighted by Crippen LogP contribution is 2.34. The van der Waals surface area contributed by atoms with Crippen molar-refractivity contribution in [3.63, 3.8) is 0 Å². The lowest BCUT2D eigenvalue weighted by Crippen LogP contribution is -2.22. The lowest BCUT2D eigenvalue weighted by atomic mass is 10.1. The number of halogens is 1. The normalized spacial score (nSPS) is 12.3. The molecule has 33 heavy (non-hydrogen) atoms. The molecule has 1 atom stereocenters. The second kappa shape index (κ2) is 11.3. The van der Waals surface area contributed by atoms with Gasteiger partial charge in [-0.15, -0.1) is 6.58 Å². The van der Waals surface area contributed by atoms with Crippen molar-refractivity contribution in [1.82, 2.24) is 9.66 Å². The summed E-state index contributed by atoms with van der Waals surface area (Å²) in [5, 5.41) is 5.03. The molecule has 0 saturated carbocycles. The summed E-state index contributed by atoms with van der Waals surface area (Å²) in [7, 11) is 0. The molecule has 0 N–H and O–H groups in total. The second-order valence-corrected chi connectivity index (χ2v) is 8.59. The van der Waals surface area contributed by atoms with E-state index in [2.05, 4.69) is 39.5 Å². The first kappa shape index (κ1) is 24.7. The minimum Gasteiger partial charge on any atom is -0.490 e. The predicted octanol–water partition coefficient (Wildman–Crippen LogP) is 5.91. The van der Waals surface area contributed by atoms with Crippen LogP contribution in [0, 0.1) is 0 Å². The van der Waals surface area contributed by atoms with Gasteiger partial charge in [0.2, 0.25) is 0 Å². The molecule has 0 radical (unpaired) electrons. The highest BCUT2D eigenvalue weighted by atomic mass is 79.9. The SMILES string of the molecule is C=CCc1cc(C=Nn2c(CC)nc3ccc(Br)cc3c2=O)cc(OCC)c1O[C@@H](C)CC. The average molecular weight is 512 g/mol. The van der Waals surface area contributed by atoms with E-state index < -0.39 is 0 Å². The standard InChI is InChI=1S/C26H30BrN3O3/c1-6-10-19-13-18(14-23(32-9-4)25(19)33-17(5)7-2)16-28-30-24(8-3)29-22-12-11-20(27)15-21(22)26(30)31/h6,11-17H,1,7-10H2,2-5H3/t17-/m0/s1. The molecule has 1 aromatic heterocycles. The van der Waals surface area contributed by atoms with Gasteiger partial charge in [-0.3, -0.25) is 4.79 Å². The molecule has 2 aromatic carbocycles. The fourth-order valence-electron chi connectivity index (χ4n) is 3.41. The molecule has 0 aliphatic rings. The van der Waals surface area contributed by atoms with Gasteiger partial charge in [0.1, 0.15) is 5.82 Å². The Hall–Kier alpha value is -2.93. The van der Waals surface area contributed by atoms with Crippen LogP contribution in [0.2, 0.25) is 0 Å². The van der Waals surface area contributed by atoms with Crippen molar-refractivity contribution in [2.75, 3.05) is 6.61 Å². The van der Waals surface area contributed by atoms with Crippen LogP contribution >= 0.6 is 15.9 Å². The number of aryl methyl sites for hydroxylation is 1. The number of benzene rings is 2. The van der Waals surface area contributed by atoms with E-state index in [0.717, 1.165) is 27.8 Å². The molecular weight excluding hydrogens is 482 g/mol. The van der Waals surface area contributed by atoms with Gasteiger partial charge in [0.05, 0.1) is 29.8 Å². The van der Waals surface area contributed by atoms with Crippen LogP contribution in [-0.2, 0) is 12.8 Å². The number of aromatic nitrogens is 2. The molecule has 3 aromatic rings. The summed E-state index contributed by atoms with van der Waals surface area (Å²) >= 11 is 3.43. The van der Waals surface area contributed by atoms with E-state index in [0.29, 0.717) is 41.9 Å². The Morgan fingerprint density at radius 3 is 2.70 bits per heavy atom. The zero-order chi connectivity index (χ0) is 24.0. The fourth-order valence-corrected chi connectivity index (χ4v) is 3.77. The van der Waals surface area contributed by atoms with E-state index in [1.165, 1.54) is 4.68 Å². The van der Waals surface area contributed by atoms with Crippen molar-refractivity contribution in [1.29, 1.82) is 0 Å². The third-order valence-corrected chi connectivity index (χ3v) is 5.72. The number of hydrogen-bond acceptors (Lipinski definition) is 5. The Kier molecular flexibility index (Phi) is 8.44. The number of nitrogens with zero attached hydrogens (tertiary/aromatic N) is 3. The first-order chi connectivity index (χ1) is 15.9. The van der Waals surface area contributed by atoms with Crippen LogP contribution in [0.5, 0.6) is 11.5 Å². The van der Waals surface area contributed by atoms with Crippen molar-refractivity contribution in [2.45, 2.75) is 53.1 Å². The van der Waals surface area contributed by atoms with Crippen molar-refractivity contribution in [3.05, 3.63) is 74.8 Å². The van der Waals surface area contributed by atoms with Crippen LogP contribution in [0.15, 0.2) is 57.4 Å². The highest BCUT2D eigenvalue weighted by molar-refractivity contribution is 9.10. The number of allylic oxidation sites excluding steroid dienone is 1. The first-order valence-corrected chi connectivity index (χ1v) is 12.0. The maximum absolute atomic E-state index is 13.2. The van der Waals surface area contributed by atoms with E-state index in [4.69, 9.17) is 9.47 Å². The zero-order valence-electron chi connectivity index (χ0n) is 19.6. The summed E-state index contributed by atoms with van der Waals surface area (Å²) in [6.07, 6.45) is 5.64. The van der Waals surface area contributed by atoms with Gasteiger partial charge in [-0.05, 0) is 62.6 Å². The molecular formula is C26H30BrN3O3. The number of fused-ring (bicyclic) bond motifs is 1. The zero-order valence-corrected chi connectivity index (χ0v) is 21.2. The van der Waals surface area contributed by atoms with Gasteiger partial charge in [0, 0.05) is 16.5 Å². The minimum absolute atomic E-state index is 0.0565. The Bertz CT molecular complexity index is 1230. The number of hydrogen-bond donors (Lipinski definition) is 0. The Balaban J connectivity index is 2.11. The van der Waals surface area contributed by atoms with Crippen LogP contribution in [0.1, 0.15) is 51.1 Å². The van der Waals surface area contributed by atoms with Gasteiger partial charge in [-0.2, -0.15) is 9.78 Å². The van der Waals surface area contributed by atoms with E-state index in [1.807, 2.05) is 51.1 Å². The summed E-state index contributed by atoms with van der Waals surface area (Å²) in [5.74, 6) is 1.98. The van der Waals surface area contributed by atoms with Crippen molar-refractivity contribution >= 4 is 33.0 Å². The Morgan fingerprint density at radius 1 is 1.24 bits per heavy atom.